The summed E-state index contributed by atoms with van der Waals surface area (Å²) in [5.74, 6) is -0.447. The summed E-state index contributed by atoms with van der Waals surface area (Å²) in [6.07, 6.45) is 3.17. The molecule has 1 aromatic heterocycles. The van der Waals surface area contributed by atoms with Crippen LogP contribution in [0.25, 0.3) is 0 Å². The van der Waals surface area contributed by atoms with Crippen molar-refractivity contribution >= 4 is 11.9 Å². The summed E-state index contributed by atoms with van der Waals surface area (Å²) in [6.45, 7) is 1.65. The van der Waals surface area contributed by atoms with E-state index in [2.05, 4.69) is 9.84 Å². The van der Waals surface area contributed by atoms with E-state index in [4.69, 9.17) is 4.74 Å². The van der Waals surface area contributed by atoms with Gasteiger partial charge < -0.3 is 14.4 Å². The maximum atomic E-state index is 12.0. The van der Waals surface area contributed by atoms with E-state index in [0.717, 1.165) is 0 Å². The van der Waals surface area contributed by atoms with E-state index in [9.17, 15) is 9.59 Å². The lowest BCUT2D eigenvalue weighted by Gasteiger charge is -2.31. The molecule has 1 amide bonds. The number of methoxy groups -OCH3 is 1. The van der Waals surface area contributed by atoms with Crippen molar-refractivity contribution in [1.29, 1.82) is 0 Å². The molecule has 1 aliphatic rings. The first-order valence-electron chi connectivity index (χ1n) is 6.15. The lowest BCUT2D eigenvalue weighted by molar-refractivity contribution is -0.162. The van der Waals surface area contributed by atoms with Crippen molar-refractivity contribution in [1.82, 2.24) is 14.7 Å². The van der Waals surface area contributed by atoms with Gasteiger partial charge in [0.05, 0.1) is 20.3 Å². The molecule has 1 aromatic rings. The first-order chi connectivity index (χ1) is 9.20. The Balaban J connectivity index is 1.83. The third-order valence-electron chi connectivity index (χ3n) is 3.00. The van der Waals surface area contributed by atoms with Crippen molar-refractivity contribution in [2.24, 2.45) is 0 Å². The molecule has 0 aromatic carbocycles. The minimum atomic E-state index is -0.674. The second-order valence-electron chi connectivity index (χ2n) is 4.24. The Bertz CT molecular complexity index is 432. The fraction of sp³-hybridized carbons (Fsp3) is 0.583. The smallest absolute Gasteiger partial charge is 0.336 e. The Morgan fingerprint density at radius 2 is 2.37 bits per heavy atom. The van der Waals surface area contributed by atoms with Crippen LogP contribution in [0.15, 0.2) is 18.5 Å². The molecular formula is C12H17N3O4. The van der Waals surface area contributed by atoms with Gasteiger partial charge in [-0.25, -0.2) is 4.79 Å². The van der Waals surface area contributed by atoms with Gasteiger partial charge in [0.1, 0.15) is 0 Å². The molecule has 0 spiro atoms. The van der Waals surface area contributed by atoms with Gasteiger partial charge in [0.25, 0.3) is 0 Å². The highest BCUT2D eigenvalue weighted by molar-refractivity contribution is 5.79. The van der Waals surface area contributed by atoms with Crippen LogP contribution in [0, 0.1) is 0 Å². The molecule has 1 fully saturated rings. The lowest BCUT2D eigenvalue weighted by atomic mass is 10.2. The van der Waals surface area contributed by atoms with Crippen LogP contribution >= 0.6 is 0 Å². The lowest BCUT2D eigenvalue weighted by Crippen LogP contribution is -2.49. The molecule has 104 valence electrons. The number of hydrogen-bond acceptors (Lipinski definition) is 5. The molecule has 0 bridgehead atoms. The normalized spacial score (nSPS) is 19.2. The van der Waals surface area contributed by atoms with E-state index < -0.39 is 12.1 Å². The maximum Gasteiger partial charge on any atom is 0.336 e. The highest BCUT2D eigenvalue weighted by atomic mass is 16.6. The molecule has 1 unspecified atom stereocenters. The maximum absolute atomic E-state index is 12.0. The largest absolute Gasteiger partial charge is 0.467 e. The van der Waals surface area contributed by atoms with Gasteiger partial charge in [-0.15, -0.1) is 0 Å². The zero-order valence-electron chi connectivity index (χ0n) is 10.8. The molecule has 0 N–H and O–H groups in total. The van der Waals surface area contributed by atoms with Crippen LogP contribution in [0.5, 0.6) is 0 Å². The van der Waals surface area contributed by atoms with E-state index in [-0.39, 0.29) is 12.5 Å². The second kappa shape index (κ2) is 6.33. The van der Waals surface area contributed by atoms with Crippen LogP contribution < -0.4 is 0 Å². The predicted octanol–water partition coefficient (Wildman–Crippen LogP) is -0.326. The number of rotatable bonds is 4. The molecule has 19 heavy (non-hydrogen) atoms. The van der Waals surface area contributed by atoms with Gasteiger partial charge in [-0.3, -0.25) is 9.48 Å². The van der Waals surface area contributed by atoms with Crippen molar-refractivity contribution in [3.63, 3.8) is 0 Å². The quantitative estimate of drug-likeness (QED) is 0.699. The number of ether oxygens (including phenoxy) is 2. The fourth-order valence-electron chi connectivity index (χ4n) is 1.95. The summed E-state index contributed by atoms with van der Waals surface area (Å²) >= 11 is 0. The van der Waals surface area contributed by atoms with Gasteiger partial charge >= 0.3 is 5.97 Å². The fourth-order valence-corrected chi connectivity index (χ4v) is 1.95. The van der Waals surface area contributed by atoms with Crippen molar-refractivity contribution in [2.75, 3.05) is 26.8 Å². The third kappa shape index (κ3) is 3.54. The number of aromatic nitrogens is 2. The number of hydrogen-bond donors (Lipinski definition) is 0. The Labute approximate surface area is 111 Å². The van der Waals surface area contributed by atoms with Crippen molar-refractivity contribution in [2.45, 2.75) is 19.1 Å². The van der Waals surface area contributed by atoms with Crippen molar-refractivity contribution in [3.8, 4) is 0 Å². The summed E-state index contributed by atoms with van der Waals surface area (Å²) in [6, 6.07) is 1.81. The van der Waals surface area contributed by atoms with E-state index in [1.807, 2.05) is 12.3 Å². The Morgan fingerprint density at radius 1 is 1.53 bits per heavy atom. The highest BCUT2D eigenvalue weighted by Crippen LogP contribution is 2.08. The monoisotopic (exact) mass is 267 g/mol. The van der Waals surface area contributed by atoms with Crippen LogP contribution in [0.2, 0.25) is 0 Å². The third-order valence-corrected chi connectivity index (χ3v) is 3.00. The molecule has 0 saturated carbocycles. The molecular weight excluding hydrogens is 250 g/mol. The number of esters is 1. The van der Waals surface area contributed by atoms with Crippen molar-refractivity contribution < 1.29 is 19.1 Å². The number of carbonyl (C=O) groups is 2. The average molecular weight is 267 g/mol. The second-order valence-corrected chi connectivity index (χ2v) is 4.24. The predicted molar refractivity (Wildman–Crippen MR) is 65.2 cm³/mol. The van der Waals surface area contributed by atoms with Crippen LogP contribution in [0.4, 0.5) is 0 Å². The number of amides is 1. The standard InChI is InChI=1S/C12H17N3O4/c1-18-12(17)10-9-14(7-8-19-10)11(16)3-6-15-5-2-4-13-15/h2,4-5,10H,3,6-9H2,1H3. The molecule has 1 atom stereocenters. The molecule has 7 nitrogen and oxygen atoms in total. The van der Waals surface area contributed by atoms with Crippen LogP contribution in [0.3, 0.4) is 0 Å². The Hall–Kier alpha value is -1.89. The van der Waals surface area contributed by atoms with Gasteiger partial charge in [-0.05, 0) is 6.07 Å². The molecule has 0 radical (unpaired) electrons. The number of morpholine rings is 1. The highest BCUT2D eigenvalue weighted by Gasteiger charge is 2.29. The number of carbonyl (C=O) groups excluding carboxylic acids is 2. The topological polar surface area (TPSA) is 73.7 Å². The Kier molecular flexibility index (Phi) is 4.51. The van der Waals surface area contributed by atoms with E-state index >= 15 is 0 Å². The first kappa shape index (κ1) is 13.5. The van der Waals surface area contributed by atoms with Gasteiger partial charge in [0, 0.05) is 31.9 Å². The van der Waals surface area contributed by atoms with Gasteiger partial charge in [-0.1, -0.05) is 0 Å². The number of nitrogens with zero attached hydrogens (tertiary/aromatic N) is 3. The molecule has 1 aliphatic heterocycles. The zero-order valence-corrected chi connectivity index (χ0v) is 10.8. The zero-order chi connectivity index (χ0) is 13.7. The summed E-state index contributed by atoms with van der Waals surface area (Å²) in [5.41, 5.74) is 0. The van der Waals surface area contributed by atoms with Gasteiger partial charge in [0.2, 0.25) is 5.91 Å². The first-order valence-corrected chi connectivity index (χ1v) is 6.15. The summed E-state index contributed by atoms with van der Waals surface area (Å²) in [4.78, 5) is 25.0. The SMILES string of the molecule is COC(=O)C1CN(C(=O)CCn2cccn2)CCO1. The summed E-state index contributed by atoms with van der Waals surface area (Å²) < 4.78 is 11.6. The summed E-state index contributed by atoms with van der Waals surface area (Å²) in [7, 11) is 1.31. The van der Waals surface area contributed by atoms with Gasteiger partial charge in [0.15, 0.2) is 6.10 Å². The molecule has 2 heterocycles. The Morgan fingerprint density at radius 3 is 3.05 bits per heavy atom. The molecule has 1 saturated heterocycles. The molecule has 0 aliphatic carbocycles. The minimum absolute atomic E-state index is 0.00676. The molecule has 2 rings (SSSR count). The number of aryl methyl sites for hydroxylation is 1. The van der Waals surface area contributed by atoms with Crippen LogP contribution in [-0.2, 0) is 25.6 Å². The van der Waals surface area contributed by atoms with Crippen molar-refractivity contribution in [3.05, 3.63) is 18.5 Å². The van der Waals surface area contributed by atoms with Crippen LogP contribution in [0.1, 0.15) is 6.42 Å². The van der Waals surface area contributed by atoms with E-state index in [1.54, 1.807) is 15.8 Å². The minimum Gasteiger partial charge on any atom is -0.467 e. The van der Waals surface area contributed by atoms with E-state index in [0.29, 0.717) is 26.1 Å². The van der Waals surface area contributed by atoms with E-state index in [1.165, 1.54) is 7.11 Å². The summed E-state index contributed by atoms with van der Waals surface area (Å²) in [5, 5.41) is 4.04. The molecule has 7 heteroatoms. The van der Waals surface area contributed by atoms with Crippen LogP contribution in [-0.4, -0.2) is 59.5 Å². The average Bonchev–Trinajstić information content (AvgIpc) is 2.97. The van der Waals surface area contributed by atoms with Gasteiger partial charge in [-0.2, -0.15) is 5.10 Å².